The average Bonchev–Trinajstić information content (AvgIpc) is 2.85. The molecule has 0 aliphatic carbocycles. The summed E-state index contributed by atoms with van der Waals surface area (Å²) in [4.78, 5) is 14.1. The Kier molecular flexibility index (Phi) is 4.49. The highest BCUT2D eigenvalue weighted by Crippen LogP contribution is 2.41. The fourth-order valence-corrected chi connectivity index (χ4v) is 3.26. The predicted molar refractivity (Wildman–Crippen MR) is 89.2 cm³/mol. The number of carbonyl (C=O) groups excluding carboxylic acids is 1. The molecule has 1 aliphatic rings. The van der Waals surface area contributed by atoms with E-state index in [1.807, 2.05) is 43.3 Å². The summed E-state index contributed by atoms with van der Waals surface area (Å²) in [6.07, 6.45) is 1.81. The second-order valence-electron chi connectivity index (χ2n) is 4.90. The number of ketones is 1. The fourth-order valence-electron chi connectivity index (χ4n) is 2.28. The van der Waals surface area contributed by atoms with E-state index in [1.54, 1.807) is 6.20 Å². The van der Waals surface area contributed by atoms with Gasteiger partial charge in [0.2, 0.25) is 5.78 Å². The summed E-state index contributed by atoms with van der Waals surface area (Å²) in [6, 6.07) is 15.8. The highest BCUT2D eigenvalue weighted by Gasteiger charge is 2.26. The van der Waals surface area contributed by atoms with Crippen molar-refractivity contribution in [3.05, 3.63) is 70.8 Å². The van der Waals surface area contributed by atoms with Crippen molar-refractivity contribution in [3.63, 3.8) is 0 Å². The minimum atomic E-state index is 0.0575. The standard InChI is InChI=1S/C18H17NO2S/c1-2-21-14-8-9-16-15(10-14)18(20)17(22-16)12-19-11-13-6-4-3-5-7-13/h3-10,12,19H,2,11H2,1H3/b17-12-. The molecule has 22 heavy (non-hydrogen) atoms. The summed E-state index contributed by atoms with van der Waals surface area (Å²) < 4.78 is 5.46. The van der Waals surface area contributed by atoms with Gasteiger partial charge < -0.3 is 10.1 Å². The van der Waals surface area contributed by atoms with Gasteiger partial charge in [-0.2, -0.15) is 0 Å². The van der Waals surface area contributed by atoms with Gasteiger partial charge in [0, 0.05) is 23.2 Å². The van der Waals surface area contributed by atoms with Crippen molar-refractivity contribution < 1.29 is 9.53 Å². The highest BCUT2D eigenvalue weighted by molar-refractivity contribution is 8.04. The lowest BCUT2D eigenvalue weighted by atomic mass is 10.1. The molecule has 3 rings (SSSR count). The number of fused-ring (bicyclic) bond motifs is 1. The van der Waals surface area contributed by atoms with Crippen LogP contribution in [0.5, 0.6) is 5.75 Å². The molecule has 0 spiro atoms. The summed E-state index contributed by atoms with van der Waals surface area (Å²) >= 11 is 1.50. The lowest BCUT2D eigenvalue weighted by molar-refractivity contribution is 0.104. The molecule has 0 saturated heterocycles. The van der Waals surface area contributed by atoms with E-state index >= 15 is 0 Å². The summed E-state index contributed by atoms with van der Waals surface area (Å²) in [5.74, 6) is 0.802. The third-order valence-electron chi connectivity index (χ3n) is 3.33. The van der Waals surface area contributed by atoms with E-state index in [0.29, 0.717) is 13.2 Å². The van der Waals surface area contributed by atoms with Crippen LogP contribution in [0.2, 0.25) is 0 Å². The lowest BCUT2D eigenvalue weighted by Gasteiger charge is -2.03. The predicted octanol–water partition coefficient (Wildman–Crippen LogP) is 4.00. The highest BCUT2D eigenvalue weighted by atomic mass is 32.2. The minimum Gasteiger partial charge on any atom is -0.494 e. The molecule has 0 radical (unpaired) electrons. The van der Waals surface area contributed by atoms with Crippen molar-refractivity contribution in [2.24, 2.45) is 0 Å². The molecule has 0 aromatic heterocycles. The topological polar surface area (TPSA) is 38.3 Å². The Morgan fingerprint density at radius 2 is 2.00 bits per heavy atom. The Morgan fingerprint density at radius 3 is 2.77 bits per heavy atom. The number of hydrogen-bond donors (Lipinski definition) is 1. The monoisotopic (exact) mass is 311 g/mol. The number of rotatable bonds is 5. The molecule has 1 aliphatic heterocycles. The molecule has 0 bridgehead atoms. The molecule has 1 N–H and O–H groups in total. The Bertz CT molecular complexity index is 710. The molecular weight excluding hydrogens is 294 g/mol. The second-order valence-corrected chi connectivity index (χ2v) is 5.98. The normalized spacial score (nSPS) is 15.0. The SMILES string of the molecule is CCOc1ccc2c(c1)C(=O)/C(=C/NCc1ccccc1)S2. The largest absolute Gasteiger partial charge is 0.494 e. The molecule has 2 aromatic rings. The molecule has 4 heteroatoms. The van der Waals surface area contributed by atoms with Gasteiger partial charge in [-0.3, -0.25) is 4.79 Å². The zero-order valence-electron chi connectivity index (χ0n) is 12.3. The van der Waals surface area contributed by atoms with E-state index in [2.05, 4.69) is 17.4 Å². The number of Topliss-reactive ketones (excluding diaryl/α,β-unsaturated/α-hetero) is 1. The van der Waals surface area contributed by atoms with Gasteiger partial charge in [-0.15, -0.1) is 0 Å². The van der Waals surface area contributed by atoms with Crippen LogP contribution in [0.4, 0.5) is 0 Å². The maximum Gasteiger partial charge on any atom is 0.202 e. The number of nitrogens with one attached hydrogen (secondary N) is 1. The van der Waals surface area contributed by atoms with Crippen LogP contribution in [-0.4, -0.2) is 12.4 Å². The lowest BCUT2D eigenvalue weighted by Crippen LogP contribution is -2.07. The summed E-state index contributed by atoms with van der Waals surface area (Å²) in [5.41, 5.74) is 1.91. The van der Waals surface area contributed by atoms with Crippen molar-refractivity contribution in [2.45, 2.75) is 18.4 Å². The quantitative estimate of drug-likeness (QED) is 0.847. The van der Waals surface area contributed by atoms with E-state index in [-0.39, 0.29) is 5.78 Å². The number of benzene rings is 2. The maximum absolute atomic E-state index is 12.4. The number of ether oxygens (including phenoxy) is 1. The van der Waals surface area contributed by atoms with Gasteiger partial charge in [-0.25, -0.2) is 0 Å². The van der Waals surface area contributed by atoms with Crippen LogP contribution >= 0.6 is 11.8 Å². The fraction of sp³-hybridized carbons (Fsp3) is 0.167. The van der Waals surface area contributed by atoms with Crippen molar-refractivity contribution in [1.29, 1.82) is 0 Å². The maximum atomic E-state index is 12.4. The third kappa shape index (κ3) is 3.17. The van der Waals surface area contributed by atoms with Crippen LogP contribution in [0.25, 0.3) is 0 Å². The molecule has 0 unspecified atom stereocenters. The van der Waals surface area contributed by atoms with Crippen LogP contribution in [0.3, 0.4) is 0 Å². The molecular formula is C18H17NO2S. The molecule has 3 nitrogen and oxygen atoms in total. The Morgan fingerprint density at radius 1 is 1.18 bits per heavy atom. The van der Waals surface area contributed by atoms with E-state index in [1.165, 1.54) is 17.3 Å². The van der Waals surface area contributed by atoms with Crippen LogP contribution in [-0.2, 0) is 6.54 Å². The summed E-state index contributed by atoms with van der Waals surface area (Å²) in [5, 5.41) is 3.21. The number of carbonyl (C=O) groups is 1. The van der Waals surface area contributed by atoms with Crippen LogP contribution in [0, 0.1) is 0 Å². The van der Waals surface area contributed by atoms with Crippen molar-refractivity contribution in [2.75, 3.05) is 6.61 Å². The van der Waals surface area contributed by atoms with Crippen LogP contribution in [0.1, 0.15) is 22.8 Å². The first kappa shape index (κ1) is 14.7. The van der Waals surface area contributed by atoms with Gasteiger partial charge in [-0.1, -0.05) is 42.1 Å². The number of hydrogen-bond acceptors (Lipinski definition) is 4. The smallest absolute Gasteiger partial charge is 0.202 e. The molecule has 112 valence electrons. The average molecular weight is 311 g/mol. The van der Waals surface area contributed by atoms with Gasteiger partial charge >= 0.3 is 0 Å². The van der Waals surface area contributed by atoms with E-state index in [4.69, 9.17) is 4.74 Å². The second kappa shape index (κ2) is 6.71. The zero-order chi connectivity index (χ0) is 15.4. The first-order valence-corrected chi connectivity index (χ1v) is 8.06. The van der Waals surface area contributed by atoms with E-state index < -0.39 is 0 Å². The molecule has 0 amide bonds. The first-order valence-electron chi connectivity index (χ1n) is 7.25. The summed E-state index contributed by atoms with van der Waals surface area (Å²) in [7, 11) is 0. The van der Waals surface area contributed by atoms with Gasteiger partial charge in [0.15, 0.2) is 0 Å². The van der Waals surface area contributed by atoms with Gasteiger partial charge in [-0.05, 0) is 30.7 Å². The van der Waals surface area contributed by atoms with Crippen LogP contribution < -0.4 is 10.1 Å². The van der Waals surface area contributed by atoms with Gasteiger partial charge in [0.1, 0.15) is 5.75 Å². The van der Waals surface area contributed by atoms with Crippen molar-refractivity contribution in [1.82, 2.24) is 5.32 Å². The first-order chi connectivity index (χ1) is 10.8. The van der Waals surface area contributed by atoms with E-state index in [0.717, 1.165) is 21.1 Å². The van der Waals surface area contributed by atoms with Gasteiger partial charge in [0.25, 0.3) is 0 Å². The van der Waals surface area contributed by atoms with Crippen molar-refractivity contribution >= 4 is 17.5 Å². The number of thioether (sulfide) groups is 1. The third-order valence-corrected chi connectivity index (χ3v) is 4.43. The summed E-state index contributed by atoms with van der Waals surface area (Å²) in [6.45, 7) is 3.24. The Hall–Kier alpha value is -2.20. The molecule has 0 fully saturated rings. The van der Waals surface area contributed by atoms with Crippen LogP contribution in [0.15, 0.2) is 64.5 Å². The minimum absolute atomic E-state index is 0.0575. The number of allylic oxidation sites excluding steroid dienone is 1. The molecule has 0 saturated carbocycles. The zero-order valence-corrected chi connectivity index (χ0v) is 13.2. The molecule has 1 heterocycles. The Balaban J connectivity index is 1.69. The van der Waals surface area contributed by atoms with Gasteiger partial charge in [0.05, 0.1) is 11.5 Å². The van der Waals surface area contributed by atoms with E-state index in [9.17, 15) is 4.79 Å². The molecule has 2 aromatic carbocycles. The molecule has 0 atom stereocenters. The van der Waals surface area contributed by atoms with Crippen molar-refractivity contribution in [3.8, 4) is 5.75 Å². The Labute approximate surface area is 134 Å².